The Balaban J connectivity index is 2.21. The molecule has 1 aliphatic heterocycles. The fourth-order valence-corrected chi connectivity index (χ4v) is 1.81. The lowest BCUT2D eigenvalue weighted by Gasteiger charge is -2.27. The molecular weight excluding hydrogens is 176 g/mol. The summed E-state index contributed by atoms with van der Waals surface area (Å²) >= 11 is 0. The highest BCUT2D eigenvalue weighted by Gasteiger charge is 2.18. The molecule has 3 nitrogen and oxygen atoms in total. The molecule has 0 unspecified atom stereocenters. The first-order valence-electron chi connectivity index (χ1n) is 5.82. The Hall–Kier alpha value is -0.120. The van der Waals surface area contributed by atoms with E-state index in [1.807, 2.05) is 0 Å². The van der Waals surface area contributed by atoms with Crippen molar-refractivity contribution in [1.29, 1.82) is 0 Å². The standard InChI is InChI=1S/C11H23N2O/c1-3-5-10(6-4-2)13-11-9-12-7-8-14-11/h10,12-13H,3-9H2,1-2H3. The van der Waals surface area contributed by atoms with Crippen LogP contribution in [0.4, 0.5) is 0 Å². The molecule has 3 heteroatoms. The molecular formula is C11H23N2O. The second-order valence-corrected chi connectivity index (χ2v) is 3.87. The maximum atomic E-state index is 5.54. The highest BCUT2D eigenvalue weighted by Crippen LogP contribution is 2.09. The monoisotopic (exact) mass is 199 g/mol. The average Bonchev–Trinajstić information content (AvgIpc) is 2.20. The predicted octanol–water partition coefficient (Wildman–Crippen LogP) is 1.65. The molecule has 1 saturated heterocycles. The third kappa shape index (κ3) is 4.40. The van der Waals surface area contributed by atoms with Crippen molar-refractivity contribution in [2.75, 3.05) is 19.7 Å². The van der Waals surface area contributed by atoms with Crippen LogP contribution in [0.25, 0.3) is 0 Å². The van der Waals surface area contributed by atoms with Gasteiger partial charge in [-0.1, -0.05) is 26.7 Å². The summed E-state index contributed by atoms with van der Waals surface area (Å²) in [6.07, 6.45) is 5.97. The molecule has 83 valence electrons. The Kier molecular flexibility index (Phi) is 6.15. The average molecular weight is 199 g/mol. The Morgan fingerprint density at radius 1 is 1.36 bits per heavy atom. The normalized spacial score (nSPS) is 19.1. The topological polar surface area (TPSA) is 33.3 Å². The molecule has 0 atom stereocenters. The van der Waals surface area contributed by atoms with Crippen LogP contribution in [-0.2, 0) is 4.74 Å². The molecule has 0 amide bonds. The molecule has 1 rings (SSSR count). The van der Waals surface area contributed by atoms with Gasteiger partial charge in [0.2, 0.25) is 0 Å². The molecule has 1 fully saturated rings. The van der Waals surface area contributed by atoms with Gasteiger partial charge in [0.15, 0.2) is 6.23 Å². The smallest absolute Gasteiger partial charge is 0.176 e. The Labute approximate surface area is 87.6 Å². The molecule has 0 aromatic rings. The van der Waals surface area contributed by atoms with Gasteiger partial charge in [-0.2, -0.15) is 0 Å². The van der Waals surface area contributed by atoms with Gasteiger partial charge in [-0.25, -0.2) is 0 Å². The van der Waals surface area contributed by atoms with Crippen molar-refractivity contribution in [1.82, 2.24) is 10.6 Å². The molecule has 1 aliphatic rings. The zero-order valence-electron chi connectivity index (χ0n) is 9.44. The molecule has 1 heterocycles. The number of hydrogen-bond acceptors (Lipinski definition) is 3. The van der Waals surface area contributed by atoms with Crippen LogP contribution in [0.15, 0.2) is 0 Å². The maximum absolute atomic E-state index is 5.54. The van der Waals surface area contributed by atoms with Crippen LogP contribution in [0, 0.1) is 6.23 Å². The summed E-state index contributed by atoms with van der Waals surface area (Å²) in [4.78, 5) is 0. The quantitative estimate of drug-likeness (QED) is 0.682. The van der Waals surface area contributed by atoms with Gasteiger partial charge in [0.1, 0.15) is 0 Å². The summed E-state index contributed by atoms with van der Waals surface area (Å²) in [5.41, 5.74) is 0. The van der Waals surface area contributed by atoms with E-state index < -0.39 is 0 Å². The van der Waals surface area contributed by atoms with E-state index in [1.54, 1.807) is 0 Å². The van der Waals surface area contributed by atoms with Gasteiger partial charge in [-0.05, 0) is 12.8 Å². The van der Waals surface area contributed by atoms with Gasteiger partial charge in [-0.15, -0.1) is 0 Å². The molecule has 1 radical (unpaired) electrons. The maximum Gasteiger partial charge on any atom is 0.176 e. The second kappa shape index (κ2) is 7.21. The summed E-state index contributed by atoms with van der Waals surface area (Å²) in [5, 5.41) is 6.79. The Morgan fingerprint density at radius 2 is 2.07 bits per heavy atom. The number of nitrogens with one attached hydrogen (secondary N) is 2. The van der Waals surface area contributed by atoms with Crippen LogP contribution in [0.1, 0.15) is 39.5 Å². The number of hydrogen-bond donors (Lipinski definition) is 2. The highest BCUT2D eigenvalue weighted by molar-refractivity contribution is 4.85. The lowest BCUT2D eigenvalue weighted by molar-refractivity contribution is 0.0816. The van der Waals surface area contributed by atoms with E-state index in [2.05, 4.69) is 24.5 Å². The first kappa shape index (κ1) is 12.0. The van der Waals surface area contributed by atoms with Gasteiger partial charge in [0.25, 0.3) is 0 Å². The number of ether oxygens (including phenoxy) is 1. The molecule has 0 saturated carbocycles. The van der Waals surface area contributed by atoms with Gasteiger partial charge in [0, 0.05) is 19.1 Å². The first-order valence-corrected chi connectivity index (χ1v) is 5.82. The van der Waals surface area contributed by atoms with Crippen LogP contribution < -0.4 is 10.6 Å². The number of morpholine rings is 1. The lowest BCUT2D eigenvalue weighted by atomic mass is 10.1. The van der Waals surface area contributed by atoms with Gasteiger partial charge in [-0.3, -0.25) is 5.32 Å². The minimum Gasteiger partial charge on any atom is -0.353 e. The van der Waals surface area contributed by atoms with Gasteiger partial charge >= 0.3 is 0 Å². The molecule has 0 aromatic heterocycles. The molecule has 0 bridgehead atoms. The van der Waals surface area contributed by atoms with E-state index in [-0.39, 0.29) is 0 Å². The van der Waals surface area contributed by atoms with Gasteiger partial charge in [0.05, 0.1) is 6.61 Å². The Bertz CT molecular complexity index is 129. The van der Waals surface area contributed by atoms with Crippen molar-refractivity contribution >= 4 is 0 Å². The molecule has 0 aliphatic carbocycles. The summed E-state index contributed by atoms with van der Waals surface area (Å²) in [6, 6.07) is 0.597. The number of rotatable bonds is 6. The lowest BCUT2D eigenvalue weighted by Crippen LogP contribution is -2.44. The van der Waals surface area contributed by atoms with Crippen molar-refractivity contribution < 1.29 is 4.74 Å². The van der Waals surface area contributed by atoms with Crippen molar-refractivity contribution in [2.45, 2.75) is 45.6 Å². The third-order valence-electron chi connectivity index (χ3n) is 2.48. The summed E-state index contributed by atoms with van der Waals surface area (Å²) in [7, 11) is 0. The van der Waals surface area contributed by atoms with E-state index in [0.29, 0.717) is 6.04 Å². The van der Waals surface area contributed by atoms with E-state index >= 15 is 0 Å². The van der Waals surface area contributed by atoms with Crippen LogP contribution in [0.3, 0.4) is 0 Å². The Morgan fingerprint density at radius 3 is 2.57 bits per heavy atom. The fourth-order valence-electron chi connectivity index (χ4n) is 1.81. The highest BCUT2D eigenvalue weighted by atomic mass is 16.5. The van der Waals surface area contributed by atoms with E-state index in [9.17, 15) is 0 Å². The largest absolute Gasteiger partial charge is 0.353 e. The van der Waals surface area contributed by atoms with Crippen LogP contribution in [0.2, 0.25) is 0 Å². The van der Waals surface area contributed by atoms with Gasteiger partial charge < -0.3 is 10.1 Å². The summed E-state index contributed by atoms with van der Waals surface area (Å²) < 4.78 is 5.54. The zero-order chi connectivity index (χ0) is 10.2. The van der Waals surface area contributed by atoms with Crippen molar-refractivity contribution in [3.05, 3.63) is 6.23 Å². The van der Waals surface area contributed by atoms with Crippen molar-refractivity contribution in [3.8, 4) is 0 Å². The molecule has 2 N–H and O–H groups in total. The third-order valence-corrected chi connectivity index (χ3v) is 2.48. The first-order chi connectivity index (χ1) is 6.86. The fraction of sp³-hybridized carbons (Fsp3) is 0.909. The van der Waals surface area contributed by atoms with E-state index in [1.165, 1.54) is 25.7 Å². The van der Waals surface area contributed by atoms with Crippen LogP contribution in [-0.4, -0.2) is 25.7 Å². The molecule has 0 aromatic carbocycles. The minimum absolute atomic E-state index is 0.597. The van der Waals surface area contributed by atoms with Crippen molar-refractivity contribution in [3.63, 3.8) is 0 Å². The molecule has 0 spiro atoms. The van der Waals surface area contributed by atoms with Crippen molar-refractivity contribution in [2.24, 2.45) is 0 Å². The minimum atomic E-state index is 0.597. The van der Waals surface area contributed by atoms with Crippen LogP contribution in [0.5, 0.6) is 0 Å². The summed E-state index contributed by atoms with van der Waals surface area (Å²) in [5.74, 6) is 0. The van der Waals surface area contributed by atoms with Crippen LogP contribution >= 0.6 is 0 Å². The van der Waals surface area contributed by atoms with E-state index in [0.717, 1.165) is 25.9 Å². The second-order valence-electron chi connectivity index (χ2n) is 3.87. The zero-order valence-corrected chi connectivity index (χ0v) is 9.44. The summed E-state index contributed by atoms with van der Waals surface area (Å²) in [6.45, 7) is 7.10. The molecule has 14 heavy (non-hydrogen) atoms. The predicted molar refractivity (Wildman–Crippen MR) is 58.8 cm³/mol. The SMILES string of the molecule is CCCC(CCC)N[C]1CNCCO1. The van der Waals surface area contributed by atoms with E-state index in [4.69, 9.17) is 4.74 Å².